The monoisotopic (exact) mass is 433 g/mol. The Kier molecular flexibility index (Phi) is 6.49. The summed E-state index contributed by atoms with van der Waals surface area (Å²) in [6, 6.07) is 14.8. The van der Waals surface area contributed by atoms with E-state index in [1.807, 2.05) is 37.4 Å². The zero-order valence-corrected chi connectivity index (χ0v) is 18.1. The molecule has 0 saturated heterocycles. The van der Waals surface area contributed by atoms with Crippen LogP contribution in [-0.4, -0.2) is 38.5 Å². The lowest BCUT2D eigenvalue weighted by molar-refractivity contribution is -0.383. The molecule has 1 aliphatic rings. The first-order valence-electron chi connectivity index (χ1n) is 10.9. The number of hydrogen-bond donors (Lipinski definition) is 1. The Balaban J connectivity index is 1.51. The highest BCUT2D eigenvalue weighted by Crippen LogP contribution is 2.30. The lowest BCUT2D eigenvalue weighted by Gasteiger charge is -2.31. The summed E-state index contributed by atoms with van der Waals surface area (Å²) >= 11 is 0. The third kappa shape index (κ3) is 4.80. The minimum Gasteiger partial charge on any atom is -0.375 e. The SMILES string of the molecule is CN(C(=O)n1cnc(-c2ccc(NCc3ccccc3)c([N+](=O)[O-])c2)c1)C1CCCCC1. The van der Waals surface area contributed by atoms with Crippen LogP contribution in [0.25, 0.3) is 11.3 Å². The fourth-order valence-corrected chi connectivity index (χ4v) is 4.17. The molecule has 1 heterocycles. The number of anilines is 1. The van der Waals surface area contributed by atoms with Gasteiger partial charge in [0, 0.05) is 37.5 Å². The molecule has 1 aliphatic carbocycles. The molecule has 1 N–H and O–H groups in total. The average molecular weight is 434 g/mol. The molecule has 3 aromatic rings. The van der Waals surface area contributed by atoms with Gasteiger partial charge < -0.3 is 10.2 Å². The number of aromatic nitrogens is 2. The minimum absolute atomic E-state index is 0.0290. The smallest absolute Gasteiger partial charge is 0.329 e. The molecule has 32 heavy (non-hydrogen) atoms. The molecule has 0 unspecified atom stereocenters. The molecule has 1 saturated carbocycles. The van der Waals surface area contributed by atoms with Gasteiger partial charge in [-0.3, -0.25) is 14.7 Å². The largest absolute Gasteiger partial charge is 0.375 e. The van der Waals surface area contributed by atoms with Crippen molar-refractivity contribution in [2.24, 2.45) is 0 Å². The summed E-state index contributed by atoms with van der Waals surface area (Å²) in [7, 11) is 1.83. The van der Waals surface area contributed by atoms with Crippen LogP contribution in [-0.2, 0) is 6.54 Å². The molecule has 1 fully saturated rings. The van der Waals surface area contributed by atoms with E-state index in [-0.39, 0.29) is 17.8 Å². The van der Waals surface area contributed by atoms with E-state index in [0.29, 0.717) is 23.5 Å². The van der Waals surface area contributed by atoms with E-state index in [4.69, 9.17) is 0 Å². The van der Waals surface area contributed by atoms with Crippen LogP contribution < -0.4 is 5.32 Å². The second-order valence-electron chi connectivity index (χ2n) is 8.18. The Morgan fingerprint density at radius 3 is 2.66 bits per heavy atom. The van der Waals surface area contributed by atoms with Crippen LogP contribution in [0.5, 0.6) is 0 Å². The molecule has 0 aliphatic heterocycles. The van der Waals surface area contributed by atoms with Crippen LogP contribution in [0, 0.1) is 10.1 Å². The summed E-state index contributed by atoms with van der Waals surface area (Å²) in [5.74, 6) is 0. The molecule has 0 radical (unpaired) electrons. The average Bonchev–Trinajstić information content (AvgIpc) is 3.33. The number of amides is 1. The van der Waals surface area contributed by atoms with Gasteiger partial charge in [0.25, 0.3) is 5.69 Å². The van der Waals surface area contributed by atoms with Crippen LogP contribution in [0.4, 0.5) is 16.2 Å². The second kappa shape index (κ2) is 9.64. The standard InChI is InChI=1S/C24H27N5O3/c1-27(20-10-6-3-7-11-20)24(30)28-16-22(26-17-28)19-12-13-21(23(14-19)29(31)32)25-15-18-8-4-2-5-9-18/h2,4-5,8-9,12-14,16-17,20,25H,3,6-7,10-11,15H2,1H3. The Bertz CT molecular complexity index is 1090. The maximum atomic E-state index is 12.9. The van der Waals surface area contributed by atoms with Gasteiger partial charge in [0.2, 0.25) is 0 Å². The fourth-order valence-electron chi connectivity index (χ4n) is 4.17. The molecule has 2 aromatic carbocycles. The van der Waals surface area contributed by atoms with Crippen molar-refractivity contribution in [2.45, 2.75) is 44.7 Å². The Hall–Kier alpha value is -3.68. The first-order valence-corrected chi connectivity index (χ1v) is 10.9. The van der Waals surface area contributed by atoms with Crippen molar-refractivity contribution < 1.29 is 9.72 Å². The van der Waals surface area contributed by atoms with E-state index in [2.05, 4.69) is 10.3 Å². The van der Waals surface area contributed by atoms with Crippen molar-refractivity contribution in [2.75, 3.05) is 12.4 Å². The van der Waals surface area contributed by atoms with Crippen LogP contribution in [0.3, 0.4) is 0 Å². The van der Waals surface area contributed by atoms with Gasteiger partial charge in [-0.1, -0.05) is 55.7 Å². The quantitative estimate of drug-likeness (QED) is 0.420. The number of benzene rings is 2. The number of carbonyl (C=O) groups excluding carboxylic acids is 1. The van der Waals surface area contributed by atoms with Crippen molar-refractivity contribution >= 4 is 17.4 Å². The highest BCUT2D eigenvalue weighted by molar-refractivity contribution is 5.79. The number of nitro groups is 1. The van der Waals surface area contributed by atoms with E-state index >= 15 is 0 Å². The first-order chi connectivity index (χ1) is 15.5. The third-order valence-corrected chi connectivity index (χ3v) is 6.04. The third-order valence-electron chi connectivity index (χ3n) is 6.04. The van der Waals surface area contributed by atoms with E-state index in [1.165, 1.54) is 23.4 Å². The number of nitro benzene ring substituents is 1. The van der Waals surface area contributed by atoms with Gasteiger partial charge >= 0.3 is 6.03 Å². The summed E-state index contributed by atoms with van der Waals surface area (Å²) in [5.41, 5.74) is 2.56. The van der Waals surface area contributed by atoms with E-state index in [9.17, 15) is 14.9 Å². The number of imidazole rings is 1. The predicted molar refractivity (Wildman–Crippen MR) is 124 cm³/mol. The molecule has 0 spiro atoms. The van der Waals surface area contributed by atoms with Crippen LogP contribution in [0.2, 0.25) is 0 Å². The van der Waals surface area contributed by atoms with Gasteiger partial charge in [-0.25, -0.2) is 9.78 Å². The highest BCUT2D eigenvalue weighted by Gasteiger charge is 2.24. The minimum atomic E-state index is -0.407. The van der Waals surface area contributed by atoms with Crippen LogP contribution in [0.15, 0.2) is 61.1 Å². The van der Waals surface area contributed by atoms with Crippen molar-refractivity contribution in [3.63, 3.8) is 0 Å². The number of nitrogens with zero attached hydrogens (tertiary/aromatic N) is 4. The lowest BCUT2D eigenvalue weighted by Crippen LogP contribution is -2.40. The molecule has 0 bridgehead atoms. The summed E-state index contributed by atoms with van der Waals surface area (Å²) in [6.07, 6.45) is 8.67. The van der Waals surface area contributed by atoms with Crippen molar-refractivity contribution in [1.29, 1.82) is 0 Å². The zero-order chi connectivity index (χ0) is 22.5. The number of hydrogen-bond acceptors (Lipinski definition) is 5. The maximum Gasteiger partial charge on any atom is 0.329 e. The van der Waals surface area contributed by atoms with Crippen molar-refractivity contribution in [3.05, 3.63) is 76.7 Å². The molecule has 1 amide bonds. The topological polar surface area (TPSA) is 93.3 Å². The van der Waals surface area contributed by atoms with Gasteiger partial charge in [-0.15, -0.1) is 0 Å². The van der Waals surface area contributed by atoms with E-state index in [0.717, 1.165) is 31.2 Å². The summed E-state index contributed by atoms with van der Waals surface area (Å²) in [5, 5.41) is 14.8. The Labute approximate surface area is 187 Å². The van der Waals surface area contributed by atoms with Crippen molar-refractivity contribution in [1.82, 2.24) is 14.5 Å². The molecule has 1 aromatic heterocycles. The van der Waals surface area contributed by atoms with Gasteiger partial charge in [0.1, 0.15) is 12.0 Å². The van der Waals surface area contributed by atoms with Gasteiger partial charge in [0.05, 0.1) is 10.6 Å². The van der Waals surface area contributed by atoms with E-state index < -0.39 is 4.92 Å². The number of carbonyl (C=O) groups is 1. The fraction of sp³-hybridized carbons (Fsp3) is 0.333. The second-order valence-corrected chi connectivity index (χ2v) is 8.18. The maximum absolute atomic E-state index is 12.9. The molecular weight excluding hydrogens is 406 g/mol. The summed E-state index contributed by atoms with van der Waals surface area (Å²) in [6.45, 7) is 0.484. The molecule has 8 heteroatoms. The van der Waals surface area contributed by atoms with Gasteiger partial charge in [0.15, 0.2) is 0 Å². The molecule has 166 valence electrons. The predicted octanol–water partition coefficient (Wildman–Crippen LogP) is 5.30. The normalized spacial score (nSPS) is 14.2. The first kappa shape index (κ1) is 21.5. The van der Waals surface area contributed by atoms with Crippen LogP contribution in [0.1, 0.15) is 37.7 Å². The molecular formula is C24H27N5O3. The number of nitrogens with one attached hydrogen (secondary N) is 1. The summed E-state index contributed by atoms with van der Waals surface area (Å²) in [4.78, 5) is 30.2. The number of rotatable bonds is 6. The molecule has 4 rings (SSSR count). The summed E-state index contributed by atoms with van der Waals surface area (Å²) < 4.78 is 1.46. The Morgan fingerprint density at radius 1 is 1.19 bits per heavy atom. The molecule has 8 nitrogen and oxygen atoms in total. The highest BCUT2D eigenvalue weighted by atomic mass is 16.6. The zero-order valence-electron chi connectivity index (χ0n) is 18.1. The van der Waals surface area contributed by atoms with Crippen molar-refractivity contribution in [3.8, 4) is 11.3 Å². The van der Waals surface area contributed by atoms with Gasteiger partial charge in [-0.05, 0) is 24.5 Å². The lowest BCUT2D eigenvalue weighted by atomic mass is 9.95. The van der Waals surface area contributed by atoms with Crippen LogP contribution >= 0.6 is 0 Å². The van der Waals surface area contributed by atoms with E-state index in [1.54, 1.807) is 23.2 Å². The molecule has 0 atom stereocenters. The van der Waals surface area contributed by atoms with Gasteiger partial charge in [-0.2, -0.15) is 0 Å². The Morgan fingerprint density at radius 2 is 1.94 bits per heavy atom.